The van der Waals surface area contributed by atoms with Crippen LogP contribution in [0.3, 0.4) is 0 Å². The Morgan fingerprint density at radius 1 is 1.29 bits per heavy atom. The van der Waals surface area contributed by atoms with Crippen LogP contribution in [0.4, 0.5) is 17.6 Å². The van der Waals surface area contributed by atoms with Crippen LogP contribution in [0.15, 0.2) is 18.2 Å². The van der Waals surface area contributed by atoms with Crippen molar-refractivity contribution in [2.24, 2.45) is 5.92 Å². The van der Waals surface area contributed by atoms with E-state index in [4.69, 9.17) is 0 Å². The van der Waals surface area contributed by atoms with Gasteiger partial charge in [0.2, 0.25) is 0 Å². The quantitative estimate of drug-likeness (QED) is 0.634. The predicted octanol–water partition coefficient (Wildman–Crippen LogP) is 2.85. The van der Waals surface area contributed by atoms with Gasteiger partial charge in [0.05, 0.1) is 17.1 Å². The zero-order chi connectivity index (χ0) is 15.8. The summed E-state index contributed by atoms with van der Waals surface area (Å²) in [5.74, 6) is -2.58. The number of sulfone groups is 1. The molecule has 1 fully saturated rings. The van der Waals surface area contributed by atoms with Gasteiger partial charge in [0.25, 0.3) is 0 Å². The number of hydrogen-bond acceptors (Lipinski definition) is 3. The molecule has 0 bridgehead atoms. The van der Waals surface area contributed by atoms with Crippen LogP contribution in [0, 0.1) is 11.7 Å². The number of ketones is 1. The highest BCUT2D eigenvalue weighted by Crippen LogP contribution is 2.32. The molecule has 1 aliphatic heterocycles. The molecule has 0 aromatic heterocycles. The van der Waals surface area contributed by atoms with E-state index in [9.17, 15) is 30.8 Å². The van der Waals surface area contributed by atoms with Crippen LogP contribution in [0.1, 0.15) is 28.8 Å². The van der Waals surface area contributed by atoms with Crippen molar-refractivity contribution in [1.82, 2.24) is 0 Å². The molecule has 8 heteroatoms. The van der Waals surface area contributed by atoms with E-state index in [0.717, 1.165) is 6.07 Å². The molecule has 1 aromatic rings. The normalized spacial score (nSPS) is 21.4. The van der Waals surface area contributed by atoms with Crippen molar-refractivity contribution in [2.45, 2.75) is 19.0 Å². The lowest BCUT2D eigenvalue weighted by Crippen LogP contribution is -2.13. The number of rotatable bonds is 3. The summed E-state index contributed by atoms with van der Waals surface area (Å²) < 4.78 is 73.4. The average molecular weight is 324 g/mol. The van der Waals surface area contributed by atoms with E-state index in [1.54, 1.807) is 0 Å². The molecule has 116 valence electrons. The Morgan fingerprint density at radius 2 is 1.95 bits per heavy atom. The van der Waals surface area contributed by atoms with Crippen molar-refractivity contribution in [3.63, 3.8) is 0 Å². The minimum atomic E-state index is -4.88. The lowest BCUT2D eigenvalue weighted by Gasteiger charge is -2.11. The van der Waals surface area contributed by atoms with Crippen LogP contribution in [-0.2, 0) is 16.0 Å². The Bertz CT molecular complexity index is 664. The van der Waals surface area contributed by atoms with Gasteiger partial charge < -0.3 is 0 Å². The van der Waals surface area contributed by atoms with Gasteiger partial charge in [-0.25, -0.2) is 12.8 Å². The smallest absolute Gasteiger partial charge is 0.294 e. The van der Waals surface area contributed by atoms with Crippen molar-refractivity contribution in [3.05, 3.63) is 35.1 Å². The fourth-order valence-corrected chi connectivity index (χ4v) is 4.19. The zero-order valence-corrected chi connectivity index (χ0v) is 11.6. The monoisotopic (exact) mass is 324 g/mol. The number of carbonyl (C=O) groups excluding carboxylic acids is 1. The highest BCUT2D eigenvalue weighted by Gasteiger charge is 2.35. The molecule has 0 aliphatic carbocycles. The predicted molar refractivity (Wildman–Crippen MR) is 67.1 cm³/mol. The fourth-order valence-electron chi connectivity index (χ4n) is 2.33. The molecular weight excluding hydrogens is 312 g/mol. The van der Waals surface area contributed by atoms with Gasteiger partial charge in [-0.1, -0.05) is 0 Å². The summed E-state index contributed by atoms with van der Waals surface area (Å²) in [6.07, 6.45) is -4.71. The third-order valence-corrected chi connectivity index (χ3v) is 5.23. The topological polar surface area (TPSA) is 51.2 Å². The molecule has 21 heavy (non-hydrogen) atoms. The van der Waals surface area contributed by atoms with Crippen LogP contribution < -0.4 is 0 Å². The second-order valence-corrected chi connectivity index (χ2v) is 7.32. The molecule has 1 aromatic carbocycles. The zero-order valence-electron chi connectivity index (χ0n) is 10.8. The maximum Gasteiger partial charge on any atom is 0.419 e. The van der Waals surface area contributed by atoms with Gasteiger partial charge in [-0.15, -0.1) is 0 Å². The molecule has 1 aliphatic rings. The van der Waals surface area contributed by atoms with Crippen molar-refractivity contribution in [3.8, 4) is 0 Å². The maximum absolute atomic E-state index is 13.1. The highest BCUT2D eigenvalue weighted by molar-refractivity contribution is 7.91. The molecule has 0 saturated carbocycles. The third-order valence-electron chi connectivity index (χ3n) is 3.39. The fraction of sp³-hybridized carbons (Fsp3) is 0.462. The summed E-state index contributed by atoms with van der Waals surface area (Å²) in [5, 5.41) is 0. The first kappa shape index (κ1) is 15.9. The summed E-state index contributed by atoms with van der Waals surface area (Å²) >= 11 is 0. The van der Waals surface area contributed by atoms with Gasteiger partial charge in [0.1, 0.15) is 5.82 Å². The Kier molecular flexibility index (Phi) is 4.10. The van der Waals surface area contributed by atoms with E-state index in [-0.39, 0.29) is 29.4 Å². The summed E-state index contributed by atoms with van der Waals surface area (Å²) in [5.41, 5.74) is -1.75. The molecule has 2 rings (SSSR count). The standard InChI is InChI=1S/C13H12F4O3S/c14-11-2-1-9(6-10(11)13(15,16)17)12(18)5-8-3-4-21(19,20)7-8/h1-2,6,8H,3-5,7H2. The first-order valence-electron chi connectivity index (χ1n) is 6.19. The Balaban J connectivity index is 2.17. The summed E-state index contributed by atoms with van der Waals surface area (Å²) in [4.78, 5) is 11.9. The Morgan fingerprint density at radius 3 is 2.48 bits per heavy atom. The minimum absolute atomic E-state index is 0.0117. The maximum atomic E-state index is 13.1. The van der Waals surface area contributed by atoms with Crippen molar-refractivity contribution in [2.75, 3.05) is 11.5 Å². The van der Waals surface area contributed by atoms with Crippen molar-refractivity contribution >= 4 is 15.6 Å². The summed E-state index contributed by atoms with van der Waals surface area (Å²) in [7, 11) is -3.15. The molecule has 0 amide bonds. The Labute approximate surface area is 118 Å². The van der Waals surface area contributed by atoms with Crippen LogP contribution in [0.25, 0.3) is 0 Å². The number of Topliss-reactive ketones (excluding diaryl/α,β-unsaturated/α-hetero) is 1. The van der Waals surface area contributed by atoms with Gasteiger partial charge in [-0.2, -0.15) is 13.2 Å². The van der Waals surface area contributed by atoms with E-state index in [1.807, 2.05) is 0 Å². The van der Waals surface area contributed by atoms with Crippen LogP contribution >= 0.6 is 0 Å². The molecule has 1 heterocycles. The Hall–Kier alpha value is -1.44. The average Bonchev–Trinajstić information content (AvgIpc) is 2.67. The van der Waals surface area contributed by atoms with Crippen molar-refractivity contribution in [1.29, 1.82) is 0 Å². The van der Waals surface area contributed by atoms with E-state index in [0.29, 0.717) is 18.6 Å². The molecule has 0 spiro atoms. The van der Waals surface area contributed by atoms with E-state index in [1.165, 1.54) is 0 Å². The summed E-state index contributed by atoms with van der Waals surface area (Å²) in [6.45, 7) is 0. The van der Waals surface area contributed by atoms with Crippen LogP contribution in [0.5, 0.6) is 0 Å². The molecule has 0 N–H and O–H groups in total. The molecule has 1 saturated heterocycles. The minimum Gasteiger partial charge on any atom is -0.294 e. The van der Waals surface area contributed by atoms with Gasteiger partial charge in [0.15, 0.2) is 15.6 Å². The number of carbonyl (C=O) groups is 1. The molecule has 0 radical (unpaired) electrons. The van der Waals surface area contributed by atoms with Gasteiger partial charge in [0, 0.05) is 12.0 Å². The molecular formula is C13H12F4O3S. The van der Waals surface area contributed by atoms with Gasteiger partial charge in [-0.05, 0) is 30.5 Å². The number of alkyl halides is 3. The van der Waals surface area contributed by atoms with E-state index < -0.39 is 33.2 Å². The molecule has 1 atom stereocenters. The second kappa shape index (κ2) is 5.40. The SMILES string of the molecule is O=C(CC1CCS(=O)(=O)C1)c1ccc(F)c(C(F)(F)F)c1. The summed E-state index contributed by atoms with van der Waals surface area (Å²) in [6, 6.07) is 2.05. The lowest BCUT2D eigenvalue weighted by molar-refractivity contribution is -0.140. The van der Waals surface area contributed by atoms with Crippen molar-refractivity contribution < 1.29 is 30.8 Å². The van der Waals surface area contributed by atoms with E-state index in [2.05, 4.69) is 0 Å². The van der Waals surface area contributed by atoms with Gasteiger partial charge >= 0.3 is 6.18 Å². The molecule has 1 unspecified atom stereocenters. The lowest BCUT2D eigenvalue weighted by atomic mass is 9.96. The number of hydrogen-bond donors (Lipinski definition) is 0. The van der Waals surface area contributed by atoms with E-state index >= 15 is 0 Å². The molecule has 3 nitrogen and oxygen atoms in total. The first-order chi connectivity index (χ1) is 9.58. The number of benzene rings is 1. The van der Waals surface area contributed by atoms with Gasteiger partial charge in [-0.3, -0.25) is 4.79 Å². The third kappa shape index (κ3) is 3.81. The van der Waals surface area contributed by atoms with Crippen LogP contribution in [-0.4, -0.2) is 25.7 Å². The van der Waals surface area contributed by atoms with Crippen LogP contribution in [0.2, 0.25) is 0 Å². The highest BCUT2D eigenvalue weighted by atomic mass is 32.2. The number of halogens is 4. The second-order valence-electron chi connectivity index (χ2n) is 5.09. The first-order valence-corrected chi connectivity index (χ1v) is 8.01. The largest absolute Gasteiger partial charge is 0.419 e.